The summed E-state index contributed by atoms with van der Waals surface area (Å²) in [6.07, 6.45) is 7.25. The van der Waals surface area contributed by atoms with Gasteiger partial charge < -0.3 is 5.32 Å². The lowest BCUT2D eigenvalue weighted by molar-refractivity contribution is -0.123. The smallest absolute Gasteiger partial charge is 0.238 e. The second-order valence-electron chi connectivity index (χ2n) is 10.6. The van der Waals surface area contributed by atoms with Crippen molar-refractivity contribution in [1.29, 1.82) is 0 Å². The van der Waals surface area contributed by atoms with Crippen molar-refractivity contribution >= 4 is 73.2 Å². The standard InChI is InChI=1S/C30H23N3O3S2/c34-24(31-21-10-8-16-5-4-15-2-1-3-20(21)25(15)16)14-37-30-32-22-11-9-19(13-23(22)38-30)33-28(35)26-17-6-7-18(12-17)27(26)29(33)36/h1-3,6-11,13,17-18,26-27H,4-5,12,14H2,(H,31,34)/t17-,18-,26+,27+/m0/s1. The van der Waals surface area contributed by atoms with Crippen LogP contribution in [-0.4, -0.2) is 28.5 Å². The first-order valence-electron chi connectivity index (χ1n) is 13.0. The number of nitrogens with zero attached hydrogens (tertiary/aromatic N) is 2. The van der Waals surface area contributed by atoms with Crippen LogP contribution in [0.3, 0.4) is 0 Å². The average molecular weight is 538 g/mol. The minimum absolute atomic E-state index is 0.0725. The van der Waals surface area contributed by atoms with E-state index in [2.05, 4.69) is 46.7 Å². The molecule has 8 heteroatoms. The van der Waals surface area contributed by atoms with Gasteiger partial charge in [-0.2, -0.15) is 0 Å². The summed E-state index contributed by atoms with van der Waals surface area (Å²) in [5.41, 5.74) is 4.96. The van der Waals surface area contributed by atoms with E-state index < -0.39 is 0 Å². The van der Waals surface area contributed by atoms with Gasteiger partial charge in [-0.25, -0.2) is 9.88 Å². The number of carbonyl (C=O) groups excluding carboxylic acids is 3. The summed E-state index contributed by atoms with van der Waals surface area (Å²) in [4.78, 5) is 45.3. The Balaban J connectivity index is 0.986. The summed E-state index contributed by atoms with van der Waals surface area (Å²) >= 11 is 2.88. The number of amides is 3. The zero-order valence-electron chi connectivity index (χ0n) is 20.3. The molecular formula is C30H23N3O3S2. The van der Waals surface area contributed by atoms with Crippen LogP contribution in [0.15, 0.2) is 65.0 Å². The Morgan fingerprint density at radius 2 is 1.76 bits per heavy atom. The third-order valence-corrected chi connectivity index (χ3v) is 10.7. The highest BCUT2D eigenvalue weighted by Crippen LogP contribution is 2.53. The van der Waals surface area contributed by atoms with Crippen LogP contribution in [0.5, 0.6) is 0 Å². The van der Waals surface area contributed by atoms with Crippen molar-refractivity contribution in [3.63, 3.8) is 0 Å². The summed E-state index contributed by atoms with van der Waals surface area (Å²) in [5, 5.41) is 5.47. The van der Waals surface area contributed by atoms with E-state index in [1.54, 1.807) is 0 Å². The first kappa shape index (κ1) is 22.5. The second-order valence-corrected chi connectivity index (χ2v) is 12.8. The number of aryl methyl sites for hydroxylation is 2. The number of thioether (sulfide) groups is 1. The van der Waals surface area contributed by atoms with E-state index in [-0.39, 0.29) is 47.1 Å². The number of fused-ring (bicyclic) bond motifs is 6. The van der Waals surface area contributed by atoms with Crippen molar-refractivity contribution < 1.29 is 14.4 Å². The Morgan fingerprint density at radius 3 is 2.55 bits per heavy atom. The maximum atomic E-state index is 13.2. The number of aromatic nitrogens is 1. The Morgan fingerprint density at radius 1 is 1.00 bits per heavy atom. The SMILES string of the molecule is O=C(CSc1nc2ccc(N3C(=O)[C@H]4[C@H](C3=O)[C@H]3C=C[C@H]4C3)cc2s1)Nc1ccc2c3c(cccc13)CC2. The van der Waals surface area contributed by atoms with Gasteiger partial charge in [0, 0.05) is 11.1 Å². The number of thiazole rings is 1. The molecule has 2 heterocycles. The minimum Gasteiger partial charge on any atom is -0.325 e. The van der Waals surface area contributed by atoms with E-state index in [9.17, 15) is 14.4 Å². The summed E-state index contributed by atoms with van der Waals surface area (Å²) < 4.78 is 1.68. The van der Waals surface area contributed by atoms with Gasteiger partial charge in [-0.3, -0.25) is 14.4 Å². The fourth-order valence-electron chi connectivity index (χ4n) is 6.92. The summed E-state index contributed by atoms with van der Waals surface area (Å²) in [7, 11) is 0. The molecule has 1 saturated carbocycles. The summed E-state index contributed by atoms with van der Waals surface area (Å²) in [5.74, 6) is -0.00871. The molecule has 3 aliphatic carbocycles. The molecule has 2 bridgehead atoms. The van der Waals surface area contributed by atoms with Gasteiger partial charge in [-0.1, -0.05) is 48.2 Å². The van der Waals surface area contributed by atoms with Crippen LogP contribution < -0.4 is 10.2 Å². The average Bonchev–Trinajstić information content (AvgIpc) is 3.73. The van der Waals surface area contributed by atoms with Gasteiger partial charge in [0.1, 0.15) is 0 Å². The van der Waals surface area contributed by atoms with Crippen LogP contribution in [0.2, 0.25) is 0 Å². The number of hydrogen-bond donors (Lipinski definition) is 1. The number of carbonyl (C=O) groups is 3. The van der Waals surface area contributed by atoms with E-state index in [1.807, 2.05) is 24.3 Å². The molecule has 8 rings (SSSR count). The molecule has 2 fully saturated rings. The molecule has 188 valence electrons. The number of imide groups is 1. The molecule has 4 atom stereocenters. The van der Waals surface area contributed by atoms with Crippen molar-refractivity contribution in [2.45, 2.75) is 23.6 Å². The molecule has 1 saturated heterocycles. The maximum Gasteiger partial charge on any atom is 0.238 e. The van der Waals surface area contributed by atoms with Crippen LogP contribution in [-0.2, 0) is 27.2 Å². The number of rotatable bonds is 5. The summed E-state index contributed by atoms with van der Waals surface area (Å²) in [6.45, 7) is 0. The van der Waals surface area contributed by atoms with Gasteiger partial charge >= 0.3 is 0 Å². The molecule has 1 aromatic heterocycles. The first-order chi connectivity index (χ1) is 18.5. The Labute approximate surface area is 227 Å². The number of benzene rings is 3. The van der Waals surface area contributed by atoms with Crippen molar-refractivity contribution in [2.24, 2.45) is 23.7 Å². The third kappa shape index (κ3) is 3.26. The van der Waals surface area contributed by atoms with Gasteiger partial charge in [0.15, 0.2) is 4.34 Å². The van der Waals surface area contributed by atoms with E-state index in [0.717, 1.165) is 44.9 Å². The molecule has 0 spiro atoms. The minimum atomic E-state index is -0.211. The van der Waals surface area contributed by atoms with E-state index in [1.165, 1.54) is 44.5 Å². The van der Waals surface area contributed by atoms with Crippen LogP contribution in [0.25, 0.3) is 21.0 Å². The fourth-order valence-corrected chi connectivity index (χ4v) is 8.82. The lowest BCUT2D eigenvalue weighted by Crippen LogP contribution is -2.32. The van der Waals surface area contributed by atoms with Gasteiger partial charge in [-0.05, 0) is 71.9 Å². The molecule has 4 aromatic rings. The molecule has 0 radical (unpaired) electrons. The van der Waals surface area contributed by atoms with Crippen molar-refractivity contribution in [3.8, 4) is 0 Å². The number of anilines is 2. The monoisotopic (exact) mass is 537 g/mol. The molecule has 0 unspecified atom stereocenters. The number of allylic oxidation sites excluding steroid dienone is 2. The molecule has 6 nitrogen and oxygen atoms in total. The van der Waals surface area contributed by atoms with Crippen molar-refractivity contribution in [2.75, 3.05) is 16.0 Å². The molecule has 3 amide bonds. The molecule has 3 aromatic carbocycles. The fraction of sp³-hybridized carbons (Fsp3) is 0.267. The molecular weight excluding hydrogens is 514 g/mol. The van der Waals surface area contributed by atoms with Crippen LogP contribution in [0.1, 0.15) is 17.5 Å². The zero-order valence-corrected chi connectivity index (χ0v) is 22.0. The van der Waals surface area contributed by atoms with Gasteiger partial charge in [0.2, 0.25) is 17.7 Å². The Bertz CT molecular complexity index is 1700. The molecule has 4 aliphatic rings. The van der Waals surface area contributed by atoms with Crippen molar-refractivity contribution in [3.05, 3.63) is 71.8 Å². The largest absolute Gasteiger partial charge is 0.325 e. The highest BCUT2D eigenvalue weighted by Gasteiger charge is 2.59. The van der Waals surface area contributed by atoms with Crippen LogP contribution in [0, 0.1) is 23.7 Å². The van der Waals surface area contributed by atoms with Gasteiger partial charge in [0.05, 0.1) is 33.5 Å². The topological polar surface area (TPSA) is 79.4 Å². The lowest BCUT2D eigenvalue weighted by atomic mass is 9.85. The molecule has 38 heavy (non-hydrogen) atoms. The molecule has 1 N–H and O–H groups in total. The van der Waals surface area contributed by atoms with Crippen LogP contribution >= 0.6 is 23.1 Å². The van der Waals surface area contributed by atoms with Gasteiger partial charge in [-0.15, -0.1) is 11.3 Å². The Kier molecular flexibility index (Phi) is 4.88. The van der Waals surface area contributed by atoms with E-state index in [0.29, 0.717) is 5.69 Å². The predicted octanol–water partition coefficient (Wildman–Crippen LogP) is 5.59. The highest BCUT2D eigenvalue weighted by molar-refractivity contribution is 8.01. The van der Waals surface area contributed by atoms with E-state index in [4.69, 9.17) is 0 Å². The van der Waals surface area contributed by atoms with Gasteiger partial charge in [0.25, 0.3) is 0 Å². The zero-order chi connectivity index (χ0) is 25.5. The normalized spacial score (nSPS) is 24.8. The maximum absolute atomic E-state index is 13.2. The first-order valence-corrected chi connectivity index (χ1v) is 14.8. The second kappa shape index (κ2) is 8.25. The van der Waals surface area contributed by atoms with Crippen molar-refractivity contribution in [1.82, 2.24) is 4.98 Å². The third-order valence-electron chi connectivity index (χ3n) is 8.56. The quantitative estimate of drug-likeness (QED) is 0.204. The highest BCUT2D eigenvalue weighted by atomic mass is 32.2. The summed E-state index contributed by atoms with van der Waals surface area (Å²) in [6, 6.07) is 16.0. The molecule has 1 aliphatic heterocycles. The van der Waals surface area contributed by atoms with Crippen LogP contribution in [0.4, 0.5) is 11.4 Å². The van der Waals surface area contributed by atoms with E-state index >= 15 is 0 Å². The Hall–Kier alpha value is -3.49. The number of nitrogens with one attached hydrogen (secondary N) is 1. The predicted molar refractivity (Wildman–Crippen MR) is 151 cm³/mol. The number of hydrogen-bond acceptors (Lipinski definition) is 6. The lowest BCUT2D eigenvalue weighted by Gasteiger charge is -2.17.